The maximum absolute atomic E-state index is 12.2. The van der Waals surface area contributed by atoms with E-state index in [0.717, 1.165) is 17.6 Å². The normalized spacial score (nSPS) is 12.4. The van der Waals surface area contributed by atoms with Gasteiger partial charge in [0.25, 0.3) is 5.91 Å². The lowest BCUT2D eigenvalue weighted by Gasteiger charge is -2.11. The molecule has 0 aliphatic heterocycles. The Hall–Kier alpha value is -2.51. The number of carbonyl (C=O) groups is 1. The smallest absolute Gasteiger partial charge is 0.270 e. The molecule has 0 saturated heterocycles. The number of hydrogen-bond acceptors (Lipinski definition) is 5. The lowest BCUT2D eigenvalue weighted by atomic mass is 10.3. The molecule has 2 aromatic heterocycles. The van der Waals surface area contributed by atoms with Crippen LogP contribution in [0.25, 0.3) is 0 Å². The molecule has 0 N–H and O–H groups in total. The Balaban J connectivity index is 2.28. The van der Waals surface area contributed by atoms with Gasteiger partial charge in [-0.2, -0.15) is 10.2 Å². The monoisotopic (exact) mass is 263 g/mol. The molecule has 0 fully saturated rings. The standard InChI is InChI=1S/C11H13N5O3/c1-7-4-8(2)15(13-7)11(17)9(3)14-6-10(5-12-14)16(18)19/h4-6,9H,1-3H3/t9-/m1/s1. The molecule has 8 nitrogen and oxygen atoms in total. The Kier molecular flexibility index (Phi) is 3.16. The third-order valence-corrected chi connectivity index (χ3v) is 2.77. The summed E-state index contributed by atoms with van der Waals surface area (Å²) in [6.45, 7) is 5.19. The second-order valence-electron chi connectivity index (χ2n) is 4.29. The van der Waals surface area contributed by atoms with Crippen molar-refractivity contribution in [1.29, 1.82) is 0 Å². The molecule has 0 aliphatic carbocycles. The minimum absolute atomic E-state index is 0.145. The van der Waals surface area contributed by atoms with Crippen LogP contribution in [0.2, 0.25) is 0 Å². The number of carbonyl (C=O) groups excluding carboxylic acids is 1. The molecule has 0 saturated carbocycles. The lowest BCUT2D eigenvalue weighted by molar-refractivity contribution is -0.385. The van der Waals surface area contributed by atoms with Gasteiger partial charge in [0.1, 0.15) is 18.4 Å². The molecule has 0 aliphatic rings. The van der Waals surface area contributed by atoms with Gasteiger partial charge in [0.15, 0.2) is 0 Å². The molecule has 0 spiro atoms. The average molecular weight is 263 g/mol. The summed E-state index contributed by atoms with van der Waals surface area (Å²) >= 11 is 0. The number of nitro groups is 1. The number of aromatic nitrogens is 4. The molecule has 0 bridgehead atoms. The van der Waals surface area contributed by atoms with Crippen LogP contribution in [0.15, 0.2) is 18.5 Å². The van der Waals surface area contributed by atoms with Gasteiger partial charge in [-0.3, -0.25) is 19.6 Å². The van der Waals surface area contributed by atoms with Crippen LogP contribution in [0.4, 0.5) is 5.69 Å². The first-order chi connectivity index (χ1) is 8.90. The highest BCUT2D eigenvalue weighted by molar-refractivity contribution is 5.82. The van der Waals surface area contributed by atoms with Gasteiger partial charge in [-0.25, -0.2) is 4.68 Å². The highest BCUT2D eigenvalue weighted by atomic mass is 16.6. The maximum Gasteiger partial charge on any atom is 0.307 e. The average Bonchev–Trinajstić information content (AvgIpc) is 2.94. The maximum atomic E-state index is 12.2. The van der Waals surface area contributed by atoms with E-state index in [1.54, 1.807) is 26.8 Å². The summed E-state index contributed by atoms with van der Waals surface area (Å²) in [4.78, 5) is 22.3. The molecule has 2 aromatic rings. The van der Waals surface area contributed by atoms with Crippen molar-refractivity contribution in [3.63, 3.8) is 0 Å². The summed E-state index contributed by atoms with van der Waals surface area (Å²) in [7, 11) is 0. The van der Waals surface area contributed by atoms with Gasteiger partial charge in [-0.1, -0.05) is 0 Å². The molecule has 1 atom stereocenters. The van der Waals surface area contributed by atoms with Gasteiger partial charge in [-0.05, 0) is 26.8 Å². The van der Waals surface area contributed by atoms with Crippen LogP contribution in [0, 0.1) is 24.0 Å². The van der Waals surface area contributed by atoms with Crippen molar-refractivity contribution < 1.29 is 9.72 Å². The van der Waals surface area contributed by atoms with Crippen molar-refractivity contribution >= 4 is 11.6 Å². The van der Waals surface area contributed by atoms with Crippen molar-refractivity contribution in [3.8, 4) is 0 Å². The van der Waals surface area contributed by atoms with E-state index in [4.69, 9.17) is 0 Å². The van der Waals surface area contributed by atoms with Gasteiger partial charge in [0, 0.05) is 5.69 Å². The fourth-order valence-electron chi connectivity index (χ4n) is 1.78. The quantitative estimate of drug-likeness (QED) is 0.617. The first-order valence-corrected chi connectivity index (χ1v) is 5.66. The third kappa shape index (κ3) is 2.37. The Labute approximate surface area is 108 Å². The van der Waals surface area contributed by atoms with Gasteiger partial charge in [0.2, 0.25) is 0 Å². The van der Waals surface area contributed by atoms with Crippen molar-refractivity contribution in [2.75, 3.05) is 0 Å². The van der Waals surface area contributed by atoms with Crippen molar-refractivity contribution in [3.05, 3.63) is 40.0 Å². The van der Waals surface area contributed by atoms with Crippen molar-refractivity contribution in [1.82, 2.24) is 19.6 Å². The Morgan fingerprint density at radius 3 is 2.63 bits per heavy atom. The van der Waals surface area contributed by atoms with E-state index in [1.165, 1.54) is 15.6 Å². The van der Waals surface area contributed by atoms with Gasteiger partial charge >= 0.3 is 5.69 Å². The van der Waals surface area contributed by atoms with Crippen LogP contribution in [0.5, 0.6) is 0 Å². The Bertz CT molecular complexity index is 643. The summed E-state index contributed by atoms with van der Waals surface area (Å²) in [6, 6.07) is 1.13. The first-order valence-electron chi connectivity index (χ1n) is 5.66. The molecule has 0 amide bonds. The topological polar surface area (TPSA) is 95.8 Å². The minimum atomic E-state index is -0.660. The second kappa shape index (κ2) is 4.63. The van der Waals surface area contributed by atoms with Crippen LogP contribution in [-0.4, -0.2) is 30.4 Å². The number of nitrogens with zero attached hydrogens (tertiary/aromatic N) is 5. The van der Waals surface area contributed by atoms with Crippen LogP contribution < -0.4 is 0 Å². The lowest BCUT2D eigenvalue weighted by Crippen LogP contribution is -2.25. The van der Waals surface area contributed by atoms with Crippen LogP contribution in [0.1, 0.15) is 29.1 Å². The molecule has 2 rings (SSSR count). The molecule has 19 heavy (non-hydrogen) atoms. The molecule has 0 aromatic carbocycles. The molecular weight excluding hydrogens is 250 g/mol. The fraction of sp³-hybridized carbons (Fsp3) is 0.364. The SMILES string of the molecule is Cc1cc(C)n(C(=O)[C@@H](C)n2cc([N+](=O)[O-])cn2)n1. The third-order valence-electron chi connectivity index (χ3n) is 2.77. The van der Waals surface area contributed by atoms with Crippen LogP contribution in [0.3, 0.4) is 0 Å². The van der Waals surface area contributed by atoms with Gasteiger partial charge < -0.3 is 0 Å². The molecule has 100 valence electrons. The number of hydrogen-bond donors (Lipinski definition) is 0. The Morgan fingerprint density at radius 1 is 1.47 bits per heavy atom. The van der Waals surface area contributed by atoms with Crippen LogP contribution >= 0.6 is 0 Å². The van der Waals surface area contributed by atoms with E-state index in [0.29, 0.717) is 0 Å². The highest BCUT2D eigenvalue weighted by Crippen LogP contribution is 2.15. The number of rotatable bonds is 3. The summed E-state index contributed by atoms with van der Waals surface area (Å²) in [5.74, 6) is -0.288. The highest BCUT2D eigenvalue weighted by Gasteiger charge is 2.22. The zero-order chi connectivity index (χ0) is 14.2. The zero-order valence-corrected chi connectivity index (χ0v) is 10.8. The van der Waals surface area contributed by atoms with E-state index < -0.39 is 11.0 Å². The van der Waals surface area contributed by atoms with Crippen molar-refractivity contribution in [2.45, 2.75) is 26.8 Å². The van der Waals surface area contributed by atoms with Crippen LogP contribution in [-0.2, 0) is 0 Å². The van der Waals surface area contributed by atoms with E-state index in [1.807, 2.05) is 0 Å². The molecular formula is C11H13N5O3. The largest absolute Gasteiger partial charge is 0.307 e. The predicted molar refractivity (Wildman–Crippen MR) is 65.9 cm³/mol. The molecule has 8 heteroatoms. The summed E-state index contributed by atoms with van der Waals surface area (Å²) in [5.41, 5.74) is 1.31. The van der Waals surface area contributed by atoms with Gasteiger partial charge in [0.05, 0.1) is 10.6 Å². The van der Waals surface area contributed by atoms with Gasteiger partial charge in [-0.15, -0.1) is 0 Å². The summed E-state index contributed by atoms with van der Waals surface area (Å²) in [6.07, 6.45) is 2.35. The molecule has 0 unspecified atom stereocenters. The zero-order valence-electron chi connectivity index (χ0n) is 10.8. The first kappa shape index (κ1) is 12.9. The summed E-state index contributed by atoms with van der Waals surface area (Å²) < 4.78 is 2.55. The second-order valence-corrected chi connectivity index (χ2v) is 4.29. The van der Waals surface area contributed by atoms with E-state index in [9.17, 15) is 14.9 Å². The molecule has 0 radical (unpaired) electrons. The molecule has 2 heterocycles. The van der Waals surface area contributed by atoms with E-state index >= 15 is 0 Å². The number of aryl methyl sites for hydroxylation is 2. The minimum Gasteiger partial charge on any atom is -0.270 e. The van der Waals surface area contributed by atoms with E-state index in [-0.39, 0.29) is 11.6 Å². The van der Waals surface area contributed by atoms with Crippen molar-refractivity contribution in [2.24, 2.45) is 0 Å². The van der Waals surface area contributed by atoms with E-state index in [2.05, 4.69) is 10.2 Å². The summed E-state index contributed by atoms with van der Waals surface area (Å²) in [5, 5.41) is 18.5. The Morgan fingerprint density at radius 2 is 2.16 bits per heavy atom. The fourth-order valence-corrected chi connectivity index (χ4v) is 1.78. The predicted octanol–water partition coefficient (Wildman–Crippen LogP) is 1.51.